The van der Waals surface area contributed by atoms with E-state index in [4.69, 9.17) is 4.74 Å². The monoisotopic (exact) mass is 437 g/mol. The van der Waals surface area contributed by atoms with Gasteiger partial charge in [-0.05, 0) is 49.6 Å². The van der Waals surface area contributed by atoms with Crippen LogP contribution in [0.25, 0.3) is 0 Å². The predicted octanol–water partition coefficient (Wildman–Crippen LogP) is 3.78. The number of ether oxygens (including phenoxy) is 1. The fourth-order valence-corrected chi connectivity index (χ4v) is 4.41. The minimum Gasteiger partial charge on any atom is -0.466 e. The lowest BCUT2D eigenvalue weighted by atomic mass is 9.97. The van der Waals surface area contributed by atoms with Gasteiger partial charge in [0.25, 0.3) is 5.91 Å². The lowest BCUT2D eigenvalue weighted by Crippen LogP contribution is -2.44. The molecule has 0 aliphatic carbocycles. The van der Waals surface area contributed by atoms with E-state index in [0.717, 1.165) is 36.2 Å². The van der Waals surface area contributed by atoms with Gasteiger partial charge in [0.1, 0.15) is 5.82 Å². The van der Waals surface area contributed by atoms with Crippen LogP contribution < -0.4 is 0 Å². The Balaban J connectivity index is 1.52. The van der Waals surface area contributed by atoms with Crippen LogP contribution in [0.15, 0.2) is 59.7 Å². The maximum atomic E-state index is 13.4. The number of nitrogens with zero attached hydrogens (tertiary/aromatic N) is 3. The topological polar surface area (TPSA) is 62.2 Å². The van der Waals surface area contributed by atoms with Gasteiger partial charge in [0.2, 0.25) is 0 Å². The van der Waals surface area contributed by atoms with E-state index in [1.807, 2.05) is 35.2 Å². The summed E-state index contributed by atoms with van der Waals surface area (Å²) in [6.45, 7) is 3.64. The number of hydrazone groups is 1. The molecule has 2 aliphatic heterocycles. The standard InChI is InChI=1S/C25H28FN3O3/c1-2-32-25(31)20-9-6-14-28(16-20)17-24(30)29-23(19-7-4-3-5-8-19)15-22(27-29)18-10-12-21(26)13-11-18/h3-5,7-8,10-13,20,23H,2,6,9,14-17H2,1H3/t20-,23+/m1/s1. The second-order valence-corrected chi connectivity index (χ2v) is 8.25. The quantitative estimate of drug-likeness (QED) is 0.646. The van der Waals surface area contributed by atoms with E-state index in [9.17, 15) is 14.0 Å². The first kappa shape index (κ1) is 22.1. The van der Waals surface area contributed by atoms with Crippen molar-refractivity contribution in [2.24, 2.45) is 11.0 Å². The third-order valence-corrected chi connectivity index (χ3v) is 6.01. The molecule has 7 heteroatoms. The molecule has 1 fully saturated rings. The van der Waals surface area contributed by atoms with E-state index >= 15 is 0 Å². The van der Waals surface area contributed by atoms with Gasteiger partial charge in [0.05, 0.1) is 30.8 Å². The normalized spacial score (nSPS) is 21.3. The van der Waals surface area contributed by atoms with Crippen molar-refractivity contribution in [3.05, 3.63) is 71.5 Å². The highest BCUT2D eigenvalue weighted by molar-refractivity contribution is 6.03. The molecule has 2 aliphatic rings. The van der Waals surface area contributed by atoms with Crippen LogP contribution in [-0.4, -0.2) is 53.7 Å². The van der Waals surface area contributed by atoms with Crippen LogP contribution in [-0.2, 0) is 14.3 Å². The van der Waals surface area contributed by atoms with Crippen molar-refractivity contribution in [2.75, 3.05) is 26.2 Å². The minimum atomic E-state index is -0.304. The maximum absolute atomic E-state index is 13.4. The number of hydrogen-bond donors (Lipinski definition) is 0. The summed E-state index contributed by atoms with van der Waals surface area (Å²) in [4.78, 5) is 27.5. The molecule has 0 spiro atoms. The van der Waals surface area contributed by atoms with Crippen LogP contribution >= 0.6 is 0 Å². The average Bonchev–Trinajstić information content (AvgIpc) is 3.26. The lowest BCUT2D eigenvalue weighted by Gasteiger charge is -2.32. The number of rotatable bonds is 6. The van der Waals surface area contributed by atoms with Gasteiger partial charge in [-0.1, -0.05) is 42.5 Å². The Morgan fingerprint density at radius 3 is 2.59 bits per heavy atom. The number of hydrogen-bond acceptors (Lipinski definition) is 5. The van der Waals surface area contributed by atoms with Crippen LogP contribution in [0.3, 0.4) is 0 Å². The van der Waals surface area contributed by atoms with Gasteiger partial charge in [-0.3, -0.25) is 14.5 Å². The SMILES string of the molecule is CCOC(=O)[C@@H]1CCCN(CC(=O)N2N=C(c3ccc(F)cc3)C[C@H]2c2ccccc2)C1. The first-order chi connectivity index (χ1) is 15.5. The van der Waals surface area contributed by atoms with E-state index in [1.165, 1.54) is 12.1 Å². The number of amides is 1. The van der Waals surface area contributed by atoms with Gasteiger partial charge >= 0.3 is 5.97 Å². The summed E-state index contributed by atoms with van der Waals surface area (Å²) in [5.74, 6) is -0.801. The number of carbonyl (C=O) groups excluding carboxylic acids is 2. The van der Waals surface area contributed by atoms with Gasteiger partial charge in [0.15, 0.2) is 0 Å². The maximum Gasteiger partial charge on any atom is 0.310 e. The molecule has 2 aromatic carbocycles. The van der Waals surface area contributed by atoms with Crippen molar-refractivity contribution >= 4 is 17.6 Å². The molecule has 0 aromatic heterocycles. The zero-order valence-corrected chi connectivity index (χ0v) is 18.2. The van der Waals surface area contributed by atoms with Gasteiger partial charge in [-0.25, -0.2) is 9.40 Å². The molecule has 2 atom stereocenters. The summed E-state index contributed by atoms with van der Waals surface area (Å²) >= 11 is 0. The summed E-state index contributed by atoms with van der Waals surface area (Å²) in [6.07, 6.45) is 2.20. The highest BCUT2D eigenvalue weighted by Gasteiger charge is 2.35. The molecule has 32 heavy (non-hydrogen) atoms. The molecule has 1 amide bonds. The fourth-order valence-electron chi connectivity index (χ4n) is 4.41. The molecule has 2 aromatic rings. The van der Waals surface area contributed by atoms with Gasteiger partial charge in [-0.2, -0.15) is 5.10 Å². The molecule has 6 nitrogen and oxygen atoms in total. The second kappa shape index (κ2) is 10.0. The number of likely N-dealkylation sites (tertiary alicyclic amines) is 1. The highest BCUT2D eigenvalue weighted by atomic mass is 19.1. The second-order valence-electron chi connectivity index (χ2n) is 8.25. The summed E-state index contributed by atoms with van der Waals surface area (Å²) in [7, 11) is 0. The van der Waals surface area contributed by atoms with Crippen molar-refractivity contribution in [3.8, 4) is 0 Å². The Morgan fingerprint density at radius 1 is 1.12 bits per heavy atom. The summed E-state index contributed by atoms with van der Waals surface area (Å²) in [5.41, 5.74) is 2.57. The molecule has 0 radical (unpaired) electrons. The van der Waals surface area contributed by atoms with Crippen LogP contribution in [0, 0.1) is 11.7 Å². The van der Waals surface area contributed by atoms with E-state index in [1.54, 1.807) is 24.1 Å². The Kier molecular flexibility index (Phi) is 6.95. The molecular weight excluding hydrogens is 409 g/mol. The zero-order chi connectivity index (χ0) is 22.5. The highest BCUT2D eigenvalue weighted by Crippen LogP contribution is 2.33. The molecule has 168 valence electrons. The molecular formula is C25H28FN3O3. The fraction of sp³-hybridized carbons (Fsp3) is 0.400. The Labute approximate surface area is 187 Å². The van der Waals surface area contributed by atoms with E-state index < -0.39 is 0 Å². The van der Waals surface area contributed by atoms with Gasteiger partial charge < -0.3 is 4.74 Å². The summed E-state index contributed by atoms with van der Waals surface area (Å²) in [6, 6.07) is 15.8. The van der Waals surface area contributed by atoms with Gasteiger partial charge in [0, 0.05) is 13.0 Å². The first-order valence-corrected chi connectivity index (χ1v) is 11.1. The Bertz CT molecular complexity index is 978. The number of carbonyl (C=O) groups is 2. The number of esters is 1. The van der Waals surface area contributed by atoms with Crippen molar-refractivity contribution in [1.82, 2.24) is 9.91 Å². The number of piperidine rings is 1. The number of benzene rings is 2. The number of halogens is 1. The summed E-state index contributed by atoms with van der Waals surface area (Å²) in [5, 5.41) is 6.21. The van der Waals surface area contributed by atoms with Crippen LogP contribution in [0.5, 0.6) is 0 Å². The van der Waals surface area contributed by atoms with Crippen molar-refractivity contribution in [2.45, 2.75) is 32.2 Å². The third-order valence-electron chi connectivity index (χ3n) is 6.01. The molecule has 1 saturated heterocycles. The van der Waals surface area contributed by atoms with Crippen molar-refractivity contribution < 1.29 is 18.7 Å². The molecule has 0 unspecified atom stereocenters. The molecule has 4 rings (SSSR count). The largest absolute Gasteiger partial charge is 0.466 e. The molecule has 0 bridgehead atoms. The van der Waals surface area contributed by atoms with E-state index in [-0.39, 0.29) is 36.2 Å². The van der Waals surface area contributed by atoms with Crippen LogP contribution in [0.1, 0.15) is 43.4 Å². The summed E-state index contributed by atoms with van der Waals surface area (Å²) < 4.78 is 18.5. The van der Waals surface area contributed by atoms with Crippen molar-refractivity contribution in [1.29, 1.82) is 0 Å². The molecule has 0 N–H and O–H groups in total. The predicted molar refractivity (Wildman–Crippen MR) is 119 cm³/mol. The smallest absolute Gasteiger partial charge is 0.310 e. The van der Waals surface area contributed by atoms with E-state index in [2.05, 4.69) is 5.10 Å². The minimum absolute atomic E-state index is 0.111. The first-order valence-electron chi connectivity index (χ1n) is 11.1. The Hall–Kier alpha value is -3.06. The average molecular weight is 438 g/mol. The van der Waals surface area contributed by atoms with Crippen LogP contribution in [0.2, 0.25) is 0 Å². The third kappa shape index (κ3) is 5.05. The molecule has 2 heterocycles. The van der Waals surface area contributed by atoms with Crippen molar-refractivity contribution in [3.63, 3.8) is 0 Å². The van der Waals surface area contributed by atoms with Crippen LogP contribution in [0.4, 0.5) is 4.39 Å². The Morgan fingerprint density at radius 2 is 1.88 bits per heavy atom. The van der Waals surface area contributed by atoms with Gasteiger partial charge in [-0.15, -0.1) is 0 Å². The molecule has 0 saturated carbocycles. The lowest BCUT2D eigenvalue weighted by molar-refractivity contribution is -0.150. The zero-order valence-electron chi connectivity index (χ0n) is 18.2. The van der Waals surface area contributed by atoms with E-state index in [0.29, 0.717) is 19.6 Å².